The molecule has 0 unspecified atom stereocenters. The number of anilines is 3. The molecule has 2 heterocycles. The Morgan fingerprint density at radius 1 is 0.230 bits per heavy atom. The van der Waals surface area contributed by atoms with Gasteiger partial charge < -0.3 is 14.0 Å². The number of hydrogen-bond donors (Lipinski definition) is 0. The molecule has 0 atom stereocenters. The molecule has 3 heteroatoms. The minimum Gasteiger partial charge on any atom is -0.310 e. The molecule has 87 heavy (non-hydrogen) atoms. The van der Waals surface area contributed by atoms with Crippen LogP contribution in [0.15, 0.2) is 297 Å². The molecule has 0 fully saturated rings. The van der Waals surface area contributed by atoms with E-state index in [0.717, 1.165) is 17.1 Å². The van der Waals surface area contributed by atoms with Crippen LogP contribution in [-0.2, 0) is 10.8 Å². The van der Waals surface area contributed by atoms with Crippen LogP contribution in [0, 0.1) is 0 Å². The van der Waals surface area contributed by atoms with E-state index in [4.69, 9.17) is 0 Å². The predicted molar refractivity (Wildman–Crippen MR) is 367 cm³/mol. The van der Waals surface area contributed by atoms with Gasteiger partial charge in [-0.1, -0.05) is 222 Å². The number of nitrogens with zero attached hydrogens (tertiary/aromatic N) is 3. The highest BCUT2D eigenvalue weighted by Gasteiger charge is 2.39. The van der Waals surface area contributed by atoms with Crippen molar-refractivity contribution < 1.29 is 0 Å². The maximum absolute atomic E-state index is 2.49. The highest BCUT2D eigenvalue weighted by atomic mass is 15.1. The van der Waals surface area contributed by atoms with Crippen LogP contribution in [0.4, 0.5) is 17.1 Å². The van der Waals surface area contributed by atoms with Crippen molar-refractivity contribution in [2.45, 2.75) is 38.5 Å². The number of hydrogen-bond acceptors (Lipinski definition) is 1. The number of rotatable bonds is 9. The molecule has 0 saturated heterocycles. The Labute approximate surface area is 508 Å². The van der Waals surface area contributed by atoms with Crippen molar-refractivity contribution in [2.75, 3.05) is 4.90 Å². The van der Waals surface area contributed by atoms with E-state index >= 15 is 0 Å². The Hall–Kier alpha value is -10.7. The van der Waals surface area contributed by atoms with Crippen LogP contribution >= 0.6 is 0 Å². The molecule has 0 bridgehead atoms. The Morgan fingerprint density at radius 3 is 1.09 bits per heavy atom. The van der Waals surface area contributed by atoms with Crippen LogP contribution in [0.5, 0.6) is 0 Å². The van der Waals surface area contributed by atoms with E-state index in [1.807, 2.05) is 0 Å². The van der Waals surface area contributed by atoms with Gasteiger partial charge in [0.15, 0.2) is 0 Å². The second-order valence-corrected chi connectivity index (χ2v) is 24.9. The third kappa shape index (κ3) is 7.96. The SMILES string of the molecule is CC1(C)c2cc(-c3ccc4c(c3)c3ccccc3n4-c3ccccc3)ccc2-c2ccc(N(c3ccc(-c4ccc(-c5ccccc5)cc4)cc3)c3ccc4c(c3)C(C)(C)c3cc(-c5ccc6c7ccccc7n(-c7ccccc7)c6c5)ccc3-4)cc21. The molecule has 0 radical (unpaired) electrons. The van der Waals surface area contributed by atoms with Gasteiger partial charge in [-0.2, -0.15) is 0 Å². The molecular formula is C84H61N3. The van der Waals surface area contributed by atoms with Gasteiger partial charge in [0.1, 0.15) is 0 Å². The summed E-state index contributed by atoms with van der Waals surface area (Å²) in [6.45, 7) is 9.64. The lowest BCUT2D eigenvalue weighted by atomic mass is 9.81. The molecule has 0 saturated carbocycles. The monoisotopic (exact) mass is 1110 g/mol. The number of benzene rings is 13. The average molecular weight is 1110 g/mol. The molecule has 17 rings (SSSR count). The second-order valence-electron chi connectivity index (χ2n) is 24.9. The summed E-state index contributed by atoms with van der Waals surface area (Å²) in [5.41, 5.74) is 30.3. The van der Waals surface area contributed by atoms with Crippen molar-refractivity contribution in [1.29, 1.82) is 0 Å². The summed E-state index contributed by atoms with van der Waals surface area (Å²) in [7, 11) is 0. The zero-order valence-electron chi connectivity index (χ0n) is 49.1. The van der Waals surface area contributed by atoms with Crippen LogP contribution in [0.2, 0.25) is 0 Å². The van der Waals surface area contributed by atoms with Gasteiger partial charge in [-0.15, -0.1) is 0 Å². The normalized spacial score (nSPS) is 13.5. The Balaban J connectivity index is 0.746. The number of aromatic nitrogens is 2. The Morgan fingerprint density at radius 2 is 0.563 bits per heavy atom. The van der Waals surface area contributed by atoms with Gasteiger partial charge in [0, 0.05) is 60.8 Å². The lowest BCUT2D eigenvalue weighted by Crippen LogP contribution is -2.18. The molecule has 15 aromatic rings. The summed E-state index contributed by atoms with van der Waals surface area (Å²) >= 11 is 0. The summed E-state index contributed by atoms with van der Waals surface area (Å²) in [5, 5.41) is 5.04. The molecule has 3 nitrogen and oxygen atoms in total. The van der Waals surface area contributed by atoms with Crippen molar-refractivity contribution >= 4 is 60.7 Å². The van der Waals surface area contributed by atoms with E-state index in [2.05, 4.69) is 339 Å². The van der Waals surface area contributed by atoms with Crippen molar-refractivity contribution in [3.63, 3.8) is 0 Å². The number of fused-ring (bicyclic) bond motifs is 12. The quantitative estimate of drug-likeness (QED) is 0.140. The van der Waals surface area contributed by atoms with E-state index in [1.165, 1.54) is 144 Å². The molecule has 0 aliphatic heterocycles. The first-order chi connectivity index (χ1) is 42.6. The lowest BCUT2D eigenvalue weighted by Gasteiger charge is -2.30. The molecule has 0 spiro atoms. The maximum Gasteiger partial charge on any atom is 0.0547 e. The second kappa shape index (κ2) is 19.4. The smallest absolute Gasteiger partial charge is 0.0547 e. The minimum atomic E-state index is -0.274. The minimum absolute atomic E-state index is 0.270. The van der Waals surface area contributed by atoms with Gasteiger partial charge in [-0.05, 0) is 192 Å². The molecule has 13 aromatic carbocycles. The van der Waals surface area contributed by atoms with Crippen molar-refractivity contribution in [3.8, 4) is 78.1 Å². The van der Waals surface area contributed by atoms with Crippen LogP contribution < -0.4 is 4.90 Å². The average Bonchev–Trinajstić information content (AvgIpc) is 1.78. The van der Waals surface area contributed by atoms with Crippen LogP contribution in [-0.4, -0.2) is 9.13 Å². The fraction of sp³-hybridized carbons (Fsp3) is 0.0714. The first-order valence-electron chi connectivity index (χ1n) is 30.5. The largest absolute Gasteiger partial charge is 0.310 e. The lowest BCUT2D eigenvalue weighted by molar-refractivity contribution is 0.660. The highest BCUT2D eigenvalue weighted by molar-refractivity contribution is 6.12. The summed E-state index contributed by atoms with van der Waals surface area (Å²) in [5.74, 6) is 0. The maximum atomic E-state index is 2.49. The zero-order chi connectivity index (χ0) is 58.1. The predicted octanol–water partition coefficient (Wildman–Crippen LogP) is 22.6. The van der Waals surface area contributed by atoms with Gasteiger partial charge in [-0.3, -0.25) is 0 Å². The first kappa shape index (κ1) is 50.7. The highest BCUT2D eigenvalue weighted by Crippen LogP contribution is 2.55. The molecular weight excluding hydrogens is 1050 g/mol. The Bertz CT molecular complexity index is 5240. The van der Waals surface area contributed by atoms with Crippen LogP contribution in [0.25, 0.3) is 122 Å². The molecule has 0 N–H and O–H groups in total. The fourth-order valence-electron chi connectivity index (χ4n) is 14.8. The van der Waals surface area contributed by atoms with Gasteiger partial charge in [0.25, 0.3) is 0 Å². The molecule has 2 aliphatic rings. The molecule has 2 aliphatic carbocycles. The third-order valence-electron chi connectivity index (χ3n) is 19.3. The standard InChI is InChI=1S/C84H61N3/c1-83(2)75-49-59(58-37-47-81-74(48-58)72-25-15-17-27-80(72)86(81)62-20-10-6-11-21-62)34-42-67(75)69-45-40-65(52-77(69)83)85(64-38-32-57(33-39-64)56-30-28-55(29-31-56)54-18-8-5-9-19-54)66-41-46-70-68-43-35-60(50-76(68)84(3,4)78(70)53-66)61-36-44-73-71-24-14-16-26-79(71)87(82(73)51-61)63-22-12-7-13-23-63/h5-53H,1-4H3. The molecule has 2 aromatic heterocycles. The van der Waals surface area contributed by atoms with E-state index in [1.54, 1.807) is 0 Å². The van der Waals surface area contributed by atoms with E-state index in [0.29, 0.717) is 0 Å². The summed E-state index contributed by atoms with van der Waals surface area (Å²) < 4.78 is 4.81. The van der Waals surface area contributed by atoms with Gasteiger partial charge in [-0.25, -0.2) is 0 Å². The summed E-state index contributed by atoms with van der Waals surface area (Å²) in [6.07, 6.45) is 0. The van der Waals surface area contributed by atoms with Crippen LogP contribution in [0.3, 0.4) is 0 Å². The fourth-order valence-corrected chi connectivity index (χ4v) is 14.8. The van der Waals surface area contributed by atoms with Crippen LogP contribution in [0.1, 0.15) is 49.9 Å². The Kier molecular flexibility index (Phi) is 11.3. The van der Waals surface area contributed by atoms with E-state index < -0.39 is 0 Å². The van der Waals surface area contributed by atoms with Crippen molar-refractivity contribution in [2.24, 2.45) is 0 Å². The summed E-state index contributed by atoms with van der Waals surface area (Å²) in [6, 6.07) is 111. The van der Waals surface area contributed by atoms with Gasteiger partial charge in [0.2, 0.25) is 0 Å². The van der Waals surface area contributed by atoms with E-state index in [9.17, 15) is 0 Å². The molecule has 412 valence electrons. The first-order valence-corrected chi connectivity index (χ1v) is 30.5. The van der Waals surface area contributed by atoms with Crippen molar-refractivity contribution in [1.82, 2.24) is 9.13 Å². The summed E-state index contributed by atoms with van der Waals surface area (Å²) in [4.78, 5) is 2.49. The zero-order valence-corrected chi connectivity index (χ0v) is 49.1. The molecule has 0 amide bonds. The van der Waals surface area contributed by atoms with Gasteiger partial charge >= 0.3 is 0 Å². The third-order valence-corrected chi connectivity index (χ3v) is 19.3. The topological polar surface area (TPSA) is 13.1 Å². The number of para-hydroxylation sites is 4. The van der Waals surface area contributed by atoms with Gasteiger partial charge in [0.05, 0.1) is 22.1 Å². The van der Waals surface area contributed by atoms with E-state index in [-0.39, 0.29) is 10.8 Å². The van der Waals surface area contributed by atoms with Crippen molar-refractivity contribution in [3.05, 3.63) is 320 Å².